The zero-order valence-corrected chi connectivity index (χ0v) is 12.0. The molecule has 0 aromatic heterocycles. The summed E-state index contributed by atoms with van der Waals surface area (Å²) in [5.41, 5.74) is 0.570. The fourth-order valence-electron chi connectivity index (χ4n) is 2.71. The molecule has 1 aromatic carbocycles. The average Bonchev–Trinajstić information content (AvgIpc) is 2.74. The largest absolute Gasteiger partial charge is 0.479 e. The van der Waals surface area contributed by atoms with Gasteiger partial charge in [0.25, 0.3) is 0 Å². The number of carboxylic acid groups (broad SMARTS) is 1. The summed E-state index contributed by atoms with van der Waals surface area (Å²) in [6, 6.07) is 7.46. The second-order valence-corrected chi connectivity index (χ2v) is 5.49. The lowest BCUT2D eigenvalue weighted by molar-refractivity contribution is -0.139. The van der Waals surface area contributed by atoms with Crippen molar-refractivity contribution in [1.82, 2.24) is 10.6 Å². The SMILES string of the molecule is O=C(NC1CCCCCC1)N[C@@H](C(=O)O)c1ccccc1. The molecule has 0 heterocycles. The molecule has 5 heteroatoms. The van der Waals surface area contributed by atoms with E-state index in [0.717, 1.165) is 25.7 Å². The zero-order chi connectivity index (χ0) is 15.1. The molecule has 5 nitrogen and oxygen atoms in total. The first-order chi connectivity index (χ1) is 10.2. The van der Waals surface area contributed by atoms with Crippen molar-refractivity contribution in [2.75, 3.05) is 0 Å². The second kappa shape index (κ2) is 7.67. The fourth-order valence-corrected chi connectivity index (χ4v) is 2.71. The molecule has 0 unspecified atom stereocenters. The summed E-state index contributed by atoms with van der Waals surface area (Å²) >= 11 is 0. The molecule has 1 aliphatic rings. The van der Waals surface area contributed by atoms with Crippen LogP contribution in [-0.4, -0.2) is 23.1 Å². The monoisotopic (exact) mass is 290 g/mol. The van der Waals surface area contributed by atoms with Crippen molar-refractivity contribution in [3.05, 3.63) is 35.9 Å². The lowest BCUT2D eigenvalue weighted by Gasteiger charge is -2.20. The molecule has 0 radical (unpaired) electrons. The van der Waals surface area contributed by atoms with Crippen LogP contribution in [0.4, 0.5) is 4.79 Å². The van der Waals surface area contributed by atoms with Crippen molar-refractivity contribution >= 4 is 12.0 Å². The molecular weight excluding hydrogens is 268 g/mol. The van der Waals surface area contributed by atoms with E-state index < -0.39 is 18.0 Å². The van der Waals surface area contributed by atoms with E-state index in [2.05, 4.69) is 10.6 Å². The lowest BCUT2D eigenvalue weighted by Crippen LogP contribution is -2.45. The third kappa shape index (κ3) is 4.77. The molecule has 1 fully saturated rings. The number of hydrogen-bond acceptors (Lipinski definition) is 2. The third-order valence-electron chi connectivity index (χ3n) is 3.85. The van der Waals surface area contributed by atoms with Gasteiger partial charge in [0.15, 0.2) is 6.04 Å². The van der Waals surface area contributed by atoms with Crippen LogP contribution >= 0.6 is 0 Å². The molecule has 1 saturated carbocycles. The number of benzene rings is 1. The van der Waals surface area contributed by atoms with E-state index in [9.17, 15) is 14.7 Å². The maximum absolute atomic E-state index is 12.0. The molecule has 114 valence electrons. The average molecular weight is 290 g/mol. The molecule has 2 amide bonds. The van der Waals surface area contributed by atoms with Gasteiger partial charge in [0.1, 0.15) is 0 Å². The minimum atomic E-state index is -1.06. The van der Waals surface area contributed by atoms with Crippen molar-refractivity contribution in [2.24, 2.45) is 0 Å². The van der Waals surface area contributed by atoms with E-state index >= 15 is 0 Å². The number of hydrogen-bond donors (Lipinski definition) is 3. The molecule has 0 spiro atoms. The Morgan fingerprint density at radius 1 is 1.05 bits per heavy atom. The molecule has 1 aromatic rings. The van der Waals surface area contributed by atoms with E-state index in [1.807, 2.05) is 6.07 Å². The number of carbonyl (C=O) groups is 2. The lowest BCUT2D eigenvalue weighted by atomic mass is 10.1. The Balaban J connectivity index is 1.94. The number of nitrogens with one attached hydrogen (secondary N) is 2. The Kier molecular flexibility index (Phi) is 5.60. The van der Waals surface area contributed by atoms with Gasteiger partial charge in [0.05, 0.1) is 0 Å². The predicted molar refractivity (Wildman–Crippen MR) is 80.0 cm³/mol. The first-order valence-electron chi connectivity index (χ1n) is 7.51. The minimum Gasteiger partial charge on any atom is -0.479 e. The molecule has 21 heavy (non-hydrogen) atoms. The second-order valence-electron chi connectivity index (χ2n) is 5.49. The maximum Gasteiger partial charge on any atom is 0.330 e. The van der Waals surface area contributed by atoms with Crippen LogP contribution in [-0.2, 0) is 4.79 Å². The van der Waals surface area contributed by atoms with Crippen LogP contribution in [0.3, 0.4) is 0 Å². The van der Waals surface area contributed by atoms with E-state index in [1.165, 1.54) is 12.8 Å². The van der Waals surface area contributed by atoms with Gasteiger partial charge >= 0.3 is 12.0 Å². The molecule has 2 rings (SSSR count). The maximum atomic E-state index is 12.0. The van der Waals surface area contributed by atoms with E-state index in [-0.39, 0.29) is 6.04 Å². The van der Waals surface area contributed by atoms with Crippen LogP contribution in [0.25, 0.3) is 0 Å². The molecule has 1 atom stereocenters. The van der Waals surface area contributed by atoms with Crippen molar-refractivity contribution in [3.63, 3.8) is 0 Å². The smallest absolute Gasteiger partial charge is 0.330 e. The van der Waals surface area contributed by atoms with Crippen LogP contribution in [0, 0.1) is 0 Å². The summed E-state index contributed by atoms with van der Waals surface area (Å²) in [6.45, 7) is 0. The molecule has 0 saturated heterocycles. The molecule has 1 aliphatic carbocycles. The summed E-state index contributed by atoms with van der Waals surface area (Å²) in [5, 5.41) is 14.7. The molecular formula is C16H22N2O3. The number of carbonyl (C=O) groups excluding carboxylic acids is 1. The number of amides is 2. The highest BCUT2D eigenvalue weighted by molar-refractivity contribution is 5.83. The van der Waals surface area contributed by atoms with Gasteiger partial charge in [-0.2, -0.15) is 0 Å². The van der Waals surface area contributed by atoms with Crippen LogP contribution in [0.5, 0.6) is 0 Å². The molecule has 0 bridgehead atoms. The van der Waals surface area contributed by atoms with Crippen molar-refractivity contribution in [1.29, 1.82) is 0 Å². The number of carboxylic acids is 1. The third-order valence-corrected chi connectivity index (χ3v) is 3.85. The first kappa shape index (κ1) is 15.4. The van der Waals surface area contributed by atoms with E-state index in [0.29, 0.717) is 5.56 Å². The topological polar surface area (TPSA) is 78.4 Å². The number of urea groups is 1. The van der Waals surface area contributed by atoms with Gasteiger partial charge in [-0.15, -0.1) is 0 Å². The van der Waals surface area contributed by atoms with Gasteiger partial charge in [-0.3, -0.25) is 0 Å². The normalized spacial score (nSPS) is 17.5. The molecule has 0 aliphatic heterocycles. The van der Waals surface area contributed by atoms with Crippen molar-refractivity contribution in [2.45, 2.75) is 50.6 Å². The summed E-state index contributed by atoms with van der Waals surface area (Å²) in [6.07, 6.45) is 6.59. The summed E-state index contributed by atoms with van der Waals surface area (Å²) in [5.74, 6) is -1.06. The first-order valence-corrected chi connectivity index (χ1v) is 7.51. The van der Waals surface area contributed by atoms with E-state index in [4.69, 9.17) is 0 Å². The van der Waals surface area contributed by atoms with Gasteiger partial charge in [-0.25, -0.2) is 9.59 Å². The van der Waals surface area contributed by atoms with Gasteiger partial charge in [-0.05, 0) is 18.4 Å². The Labute approximate surface area is 124 Å². The number of aliphatic carboxylic acids is 1. The summed E-state index contributed by atoms with van der Waals surface area (Å²) in [7, 11) is 0. The highest BCUT2D eigenvalue weighted by Crippen LogP contribution is 2.17. The fraction of sp³-hybridized carbons (Fsp3) is 0.500. The minimum absolute atomic E-state index is 0.151. The van der Waals surface area contributed by atoms with Gasteiger partial charge in [0, 0.05) is 6.04 Å². The van der Waals surface area contributed by atoms with Crippen LogP contribution in [0.1, 0.15) is 50.1 Å². The standard InChI is InChI=1S/C16H22N2O3/c19-15(20)14(12-8-4-3-5-9-12)18-16(21)17-13-10-6-1-2-7-11-13/h3-5,8-9,13-14H,1-2,6-7,10-11H2,(H,19,20)(H2,17,18,21)/t14-/m1/s1. The summed E-state index contributed by atoms with van der Waals surface area (Å²) < 4.78 is 0. The highest BCUT2D eigenvalue weighted by atomic mass is 16.4. The Hall–Kier alpha value is -2.04. The van der Waals surface area contributed by atoms with Gasteiger partial charge in [-0.1, -0.05) is 56.0 Å². The zero-order valence-electron chi connectivity index (χ0n) is 12.0. The van der Waals surface area contributed by atoms with E-state index in [1.54, 1.807) is 24.3 Å². The van der Waals surface area contributed by atoms with Crippen LogP contribution < -0.4 is 10.6 Å². The van der Waals surface area contributed by atoms with Crippen molar-refractivity contribution in [3.8, 4) is 0 Å². The van der Waals surface area contributed by atoms with Crippen LogP contribution in [0.15, 0.2) is 30.3 Å². The van der Waals surface area contributed by atoms with Gasteiger partial charge < -0.3 is 15.7 Å². The molecule has 3 N–H and O–H groups in total. The Bertz CT molecular complexity index is 468. The quantitative estimate of drug-likeness (QED) is 0.746. The van der Waals surface area contributed by atoms with Crippen molar-refractivity contribution < 1.29 is 14.7 Å². The number of rotatable bonds is 4. The predicted octanol–water partition coefficient (Wildman–Crippen LogP) is 2.83. The van der Waals surface area contributed by atoms with Gasteiger partial charge in [0.2, 0.25) is 0 Å². The highest BCUT2D eigenvalue weighted by Gasteiger charge is 2.23. The summed E-state index contributed by atoms with van der Waals surface area (Å²) in [4.78, 5) is 23.4. The Morgan fingerprint density at radius 3 is 2.24 bits per heavy atom. The van der Waals surface area contributed by atoms with Crippen LogP contribution in [0.2, 0.25) is 0 Å². The Morgan fingerprint density at radius 2 is 1.67 bits per heavy atom.